The van der Waals surface area contributed by atoms with Gasteiger partial charge in [-0.1, -0.05) is 43.3 Å². The number of rotatable bonds is 5. The lowest BCUT2D eigenvalue weighted by atomic mass is 9.95. The van der Waals surface area contributed by atoms with Crippen LogP contribution in [0.5, 0.6) is 0 Å². The summed E-state index contributed by atoms with van der Waals surface area (Å²) in [5.74, 6) is -2.26. The second-order valence-electron chi connectivity index (χ2n) is 7.20. The zero-order chi connectivity index (χ0) is 21.3. The van der Waals surface area contributed by atoms with Crippen molar-refractivity contribution in [2.75, 3.05) is 5.32 Å². The van der Waals surface area contributed by atoms with Gasteiger partial charge in [0.25, 0.3) is 0 Å². The van der Waals surface area contributed by atoms with Gasteiger partial charge in [0.2, 0.25) is 5.91 Å². The van der Waals surface area contributed by atoms with Crippen LogP contribution >= 0.6 is 0 Å². The molecule has 1 atom stereocenters. The largest absolute Gasteiger partial charge is 0.309 e. The number of aryl methyl sites for hydroxylation is 1. The second kappa shape index (κ2) is 8.06. The Morgan fingerprint density at radius 3 is 2.60 bits per heavy atom. The van der Waals surface area contributed by atoms with Crippen LogP contribution in [0.2, 0.25) is 0 Å². The van der Waals surface area contributed by atoms with Crippen molar-refractivity contribution in [3.63, 3.8) is 0 Å². The number of nitrogens with one attached hydrogen (secondary N) is 1. The molecule has 0 bridgehead atoms. The maximum absolute atomic E-state index is 14.6. The van der Waals surface area contributed by atoms with E-state index in [9.17, 15) is 13.6 Å². The van der Waals surface area contributed by atoms with Gasteiger partial charge in [0.05, 0.1) is 5.92 Å². The molecule has 0 spiro atoms. The minimum Gasteiger partial charge on any atom is -0.309 e. The monoisotopic (exact) mass is 405 g/mol. The normalized spacial score (nSPS) is 12.1. The highest BCUT2D eigenvalue weighted by atomic mass is 19.2. The van der Waals surface area contributed by atoms with E-state index in [0.29, 0.717) is 17.9 Å². The van der Waals surface area contributed by atoms with E-state index in [-0.39, 0.29) is 23.1 Å². The van der Waals surface area contributed by atoms with Crippen LogP contribution in [0.1, 0.15) is 30.4 Å². The number of carbonyl (C=O) groups excluding carboxylic acids is 1. The minimum absolute atomic E-state index is 0.000544. The Balaban J connectivity index is 1.83. The number of fused-ring (bicyclic) bond motifs is 1. The maximum atomic E-state index is 14.6. The number of imidazole rings is 1. The van der Waals surface area contributed by atoms with E-state index in [1.54, 1.807) is 10.6 Å². The Bertz CT molecular complexity index is 1220. The van der Waals surface area contributed by atoms with Crippen LogP contribution in [0.25, 0.3) is 16.9 Å². The predicted octanol–water partition coefficient (Wildman–Crippen LogP) is 5.72. The van der Waals surface area contributed by atoms with Gasteiger partial charge in [0.15, 0.2) is 11.6 Å². The molecule has 1 amide bonds. The number of halogens is 2. The van der Waals surface area contributed by atoms with Crippen LogP contribution in [-0.4, -0.2) is 15.3 Å². The number of anilines is 1. The van der Waals surface area contributed by atoms with Crippen LogP contribution in [0.15, 0.2) is 66.9 Å². The van der Waals surface area contributed by atoms with E-state index in [2.05, 4.69) is 10.3 Å². The summed E-state index contributed by atoms with van der Waals surface area (Å²) < 4.78 is 30.1. The summed E-state index contributed by atoms with van der Waals surface area (Å²) in [6.07, 6.45) is 2.35. The lowest BCUT2D eigenvalue weighted by molar-refractivity contribution is -0.117. The van der Waals surface area contributed by atoms with Gasteiger partial charge in [-0.25, -0.2) is 13.8 Å². The molecule has 0 aliphatic heterocycles. The lowest BCUT2D eigenvalue weighted by Crippen LogP contribution is -2.22. The number of carbonyl (C=O) groups is 1. The second-order valence-corrected chi connectivity index (χ2v) is 7.20. The summed E-state index contributed by atoms with van der Waals surface area (Å²) in [5.41, 5.74) is 2.58. The van der Waals surface area contributed by atoms with Crippen LogP contribution < -0.4 is 5.32 Å². The van der Waals surface area contributed by atoms with Crippen molar-refractivity contribution in [1.82, 2.24) is 9.38 Å². The van der Waals surface area contributed by atoms with Crippen molar-refractivity contribution in [3.8, 4) is 11.3 Å². The highest BCUT2D eigenvalue weighted by Gasteiger charge is 2.24. The van der Waals surface area contributed by atoms with Gasteiger partial charge in [0.1, 0.15) is 17.2 Å². The zero-order valence-corrected chi connectivity index (χ0v) is 16.7. The maximum Gasteiger partial charge on any atom is 0.233 e. The number of hydrogen-bond acceptors (Lipinski definition) is 2. The van der Waals surface area contributed by atoms with Gasteiger partial charge in [-0.2, -0.15) is 0 Å². The van der Waals surface area contributed by atoms with Crippen LogP contribution in [0, 0.1) is 18.6 Å². The molecule has 2 heterocycles. The van der Waals surface area contributed by atoms with Gasteiger partial charge < -0.3 is 5.32 Å². The molecule has 6 heteroatoms. The standard InChI is InChI=1S/C24H21F2N3O/c1-3-17(16-8-5-4-6-9-16)24(30)28-23-22(18-10-7-11-19(25)21(18)26)27-20-14-15(2)12-13-29(20)23/h4-14,17H,3H2,1-2H3,(H,28,30). The van der Waals surface area contributed by atoms with Crippen LogP contribution in [0.4, 0.5) is 14.6 Å². The van der Waals surface area contributed by atoms with Gasteiger partial charge in [0, 0.05) is 11.8 Å². The lowest BCUT2D eigenvalue weighted by Gasteiger charge is -2.16. The number of benzene rings is 2. The summed E-state index contributed by atoms with van der Waals surface area (Å²) in [5, 5.41) is 2.92. The summed E-state index contributed by atoms with van der Waals surface area (Å²) >= 11 is 0. The van der Waals surface area contributed by atoms with Gasteiger partial charge in [-0.15, -0.1) is 0 Å². The van der Waals surface area contributed by atoms with Crippen molar-refractivity contribution in [2.24, 2.45) is 0 Å². The number of nitrogens with zero attached hydrogens (tertiary/aromatic N) is 2. The molecule has 0 aliphatic rings. The first-order chi connectivity index (χ1) is 14.5. The van der Waals surface area contributed by atoms with E-state index in [0.717, 1.165) is 17.2 Å². The van der Waals surface area contributed by atoms with Gasteiger partial charge in [-0.3, -0.25) is 9.20 Å². The van der Waals surface area contributed by atoms with Crippen LogP contribution in [0.3, 0.4) is 0 Å². The third-order valence-electron chi connectivity index (χ3n) is 5.16. The molecule has 4 aromatic rings. The summed E-state index contributed by atoms with van der Waals surface area (Å²) in [6, 6.07) is 17.1. The van der Waals surface area contributed by atoms with Crippen molar-refractivity contribution >= 4 is 17.4 Å². The molecule has 152 valence electrons. The Morgan fingerprint density at radius 1 is 1.10 bits per heavy atom. The fraction of sp³-hybridized carbons (Fsp3) is 0.167. The SMILES string of the molecule is CCC(C(=O)Nc1c(-c2cccc(F)c2F)nc2cc(C)ccn12)c1ccccc1. The van der Waals surface area contributed by atoms with E-state index in [1.165, 1.54) is 12.1 Å². The fourth-order valence-corrected chi connectivity index (χ4v) is 3.60. The first-order valence-corrected chi connectivity index (χ1v) is 9.78. The number of hydrogen-bond donors (Lipinski definition) is 1. The van der Waals surface area contributed by atoms with Crippen molar-refractivity contribution in [1.29, 1.82) is 0 Å². The molecule has 0 fully saturated rings. The molecule has 1 N–H and O–H groups in total. The summed E-state index contributed by atoms with van der Waals surface area (Å²) in [7, 11) is 0. The predicted molar refractivity (Wildman–Crippen MR) is 113 cm³/mol. The molecule has 2 aromatic heterocycles. The molecular formula is C24H21F2N3O. The molecule has 2 aromatic carbocycles. The van der Waals surface area contributed by atoms with E-state index in [1.807, 2.05) is 56.3 Å². The Morgan fingerprint density at radius 2 is 1.87 bits per heavy atom. The van der Waals surface area contributed by atoms with E-state index >= 15 is 0 Å². The van der Waals surface area contributed by atoms with E-state index in [4.69, 9.17) is 0 Å². The Hall–Kier alpha value is -3.54. The first kappa shape index (κ1) is 19.8. The number of aromatic nitrogens is 2. The molecule has 1 unspecified atom stereocenters. The smallest absolute Gasteiger partial charge is 0.233 e. The highest BCUT2D eigenvalue weighted by molar-refractivity contribution is 5.98. The summed E-state index contributed by atoms with van der Waals surface area (Å²) in [4.78, 5) is 17.7. The molecule has 0 saturated heterocycles. The number of pyridine rings is 1. The topological polar surface area (TPSA) is 46.4 Å². The Kier molecular flexibility index (Phi) is 5.31. The average Bonchev–Trinajstić information content (AvgIpc) is 3.08. The van der Waals surface area contributed by atoms with Gasteiger partial charge >= 0.3 is 0 Å². The molecule has 4 rings (SSSR count). The average molecular weight is 405 g/mol. The fourth-order valence-electron chi connectivity index (χ4n) is 3.60. The van der Waals surface area contributed by atoms with E-state index < -0.39 is 11.6 Å². The number of amides is 1. The third kappa shape index (κ3) is 3.56. The van der Waals surface area contributed by atoms with Gasteiger partial charge in [-0.05, 0) is 48.7 Å². The highest BCUT2D eigenvalue weighted by Crippen LogP contribution is 2.33. The van der Waals surface area contributed by atoms with Crippen molar-refractivity contribution in [2.45, 2.75) is 26.2 Å². The molecule has 30 heavy (non-hydrogen) atoms. The zero-order valence-electron chi connectivity index (χ0n) is 16.7. The molecular weight excluding hydrogens is 384 g/mol. The third-order valence-corrected chi connectivity index (χ3v) is 5.16. The molecule has 0 saturated carbocycles. The van der Waals surface area contributed by atoms with Crippen molar-refractivity contribution < 1.29 is 13.6 Å². The first-order valence-electron chi connectivity index (χ1n) is 9.78. The Labute approximate surface area is 173 Å². The van der Waals surface area contributed by atoms with Crippen LogP contribution in [-0.2, 0) is 4.79 Å². The molecule has 4 nitrogen and oxygen atoms in total. The quantitative estimate of drug-likeness (QED) is 0.462. The minimum atomic E-state index is -0.997. The summed E-state index contributed by atoms with van der Waals surface area (Å²) in [6.45, 7) is 3.85. The molecule has 0 aliphatic carbocycles. The molecule has 0 radical (unpaired) electrons. The van der Waals surface area contributed by atoms with Crippen molar-refractivity contribution in [3.05, 3.63) is 89.6 Å².